The van der Waals surface area contributed by atoms with Gasteiger partial charge in [-0.05, 0) is 39.5 Å². The lowest BCUT2D eigenvalue weighted by Crippen LogP contribution is -2.31. The molecule has 1 aliphatic carbocycles. The van der Waals surface area contributed by atoms with Gasteiger partial charge in [-0.2, -0.15) is 15.0 Å². The molecule has 1 heterocycles. The molecule has 6 heteroatoms. The zero-order chi connectivity index (χ0) is 13.7. The third-order valence-corrected chi connectivity index (χ3v) is 3.44. The first-order valence-corrected chi connectivity index (χ1v) is 7.12. The van der Waals surface area contributed by atoms with E-state index in [0.717, 1.165) is 12.5 Å². The molecule has 19 heavy (non-hydrogen) atoms. The van der Waals surface area contributed by atoms with Gasteiger partial charge in [-0.25, -0.2) is 0 Å². The zero-order valence-electron chi connectivity index (χ0n) is 11.9. The highest BCUT2D eigenvalue weighted by atomic mass is 16.5. The Morgan fingerprint density at radius 3 is 2.53 bits per heavy atom. The molecule has 0 radical (unpaired) electrons. The molecule has 1 saturated carbocycles. The van der Waals surface area contributed by atoms with Gasteiger partial charge in [0.25, 0.3) is 0 Å². The molecule has 0 amide bonds. The highest BCUT2D eigenvalue weighted by molar-refractivity contribution is 5.36. The Hall–Kier alpha value is -1.59. The van der Waals surface area contributed by atoms with Crippen molar-refractivity contribution in [3.63, 3.8) is 0 Å². The molecule has 2 N–H and O–H groups in total. The van der Waals surface area contributed by atoms with Crippen LogP contribution in [0.2, 0.25) is 0 Å². The van der Waals surface area contributed by atoms with Crippen molar-refractivity contribution in [2.75, 3.05) is 23.8 Å². The van der Waals surface area contributed by atoms with Gasteiger partial charge in [-0.3, -0.25) is 0 Å². The molecule has 6 nitrogen and oxygen atoms in total. The zero-order valence-corrected chi connectivity index (χ0v) is 11.9. The molecule has 0 spiro atoms. The number of ether oxygens (including phenoxy) is 1. The lowest BCUT2D eigenvalue weighted by atomic mass is 9.80. The smallest absolute Gasteiger partial charge is 0.323 e. The van der Waals surface area contributed by atoms with Crippen molar-refractivity contribution in [3.05, 3.63) is 0 Å². The van der Waals surface area contributed by atoms with Crippen LogP contribution in [-0.4, -0.2) is 34.1 Å². The molecule has 0 saturated heterocycles. The van der Waals surface area contributed by atoms with Crippen LogP contribution in [0.1, 0.15) is 40.0 Å². The van der Waals surface area contributed by atoms with Crippen LogP contribution in [0.5, 0.6) is 6.01 Å². The van der Waals surface area contributed by atoms with Crippen molar-refractivity contribution in [2.45, 2.75) is 46.1 Å². The topological polar surface area (TPSA) is 72.0 Å². The maximum atomic E-state index is 5.37. The quantitative estimate of drug-likeness (QED) is 0.788. The summed E-state index contributed by atoms with van der Waals surface area (Å²) in [4.78, 5) is 12.9. The summed E-state index contributed by atoms with van der Waals surface area (Å²) in [5.74, 6) is 1.88. The minimum absolute atomic E-state index is 0.372. The van der Waals surface area contributed by atoms with Gasteiger partial charge in [-0.15, -0.1) is 0 Å². The predicted molar refractivity (Wildman–Crippen MR) is 75.6 cm³/mol. The van der Waals surface area contributed by atoms with Gasteiger partial charge in [0.05, 0.1) is 6.61 Å². The van der Waals surface area contributed by atoms with Gasteiger partial charge >= 0.3 is 6.01 Å². The van der Waals surface area contributed by atoms with Crippen LogP contribution in [0, 0.1) is 5.92 Å². The standard InChI is InChI=1S/C13H23N5O/c1-4-14-11-16-12(18-13(17-11)19-5-2)15-9(3)10-7-6-8-10/h9-10H,4-8H2,1-3H3,(H2,14,15,16,17,18). The highest BCUT2D eigenvalue weighted by Gasteiger charge is 2.24. The highest BCUT2D eigenvalue weighted by Crippen LogP contribution is 2.30. The Labute approximate surface area is 114 Å². The van der Waals surface area contributed by atoms with E-state index in [2.05, 4.69) is 32.5 Å². The maximum absolute atomic E-state index is 5.37. The Morgan fingerprint density at radius 2 is 1.95 bits per heavy atom. The number of anilines is 2. The fraction of sp³-hybridized carbons (Fsp3) is 0.769. The second-order valence-electron chi connectivity index (χ2n) is 4.85. The molecule has 1 atom stereocenters. The Balaban J connectivity index is 2.08. The summed E-state index contributed by atoms with van der Waals surface area (Å²) in [6, 6.07) is 0.761. The average Bonchev–Trinajstić information content (AvgIpc) is 2.26. The summed E-state index contributed by atoms with van der Waals surface area (Å²) >= 11 is 0. The van der Waals surface area contributed by atoms with E-state index < -0.39 is 0 Å². The summed E-state index contributed by atoms with van der Waals surface area (Å²) in [6.45, 7) is 7.43. The van der Waals surface area contributed by atoms with Crippen LogP contribution >= 0.6 is 0 Å². The van der Waals surface area contributed by atoms with E-state index in [-0.39, 0.29) is 0 Å². The largest absolute Gasteiger partial charge is 0.464 e. The van der Waals surface area contributed by atoms with Crippen molar-refractivity contribution < 1.29 is 4.74 Å². The van der Waals surface area contributed by atoms with Crippen LogP contribution in [0.15, 0.2) is 0 Å². The normalized spacial score (nSPS) is 16.6. The first-order valence-electron chi connectivity index (χ1n) is 7.12. The SMILES string of the molecule is CCNc1nc(NC(C)C2CCC2)nc(OCC)n1. The van der Waals surface area contributed by atoms with Crippen LogP contribution < -0.4 is 15.4 Å². The molecular weight excluding hydrogens is 242 g/mol. The number of nitrogens with one attached hydrogen (secondary N) is 2. The fourth-order valence-corrected chi connectivity index (χ4v) is 2.11. The van der Waals surface area contributed by atoms with Crippen molar-refractivity contribution in [1.82, 2.24) is 15.0 Å². The summed E-state index contributed by atoms with van der Waals surface area (Å²) in [6.07, 6.45) is 3.91. The van der Waals surface area contributed by atoms with E-state index in [4.69, 9.17) is 4.74 Å². The first kappa shape index (κ1) is 13.8. The molecule has 1 aliphatic rings. The van der Waals surface area contributed by atoms with Crippen LogP contribution in [-0.2, 0) is 0 Å². The van der Waals surface area contributed by atoms with Crippen LogP contribution in [0.3, 0.4) is 0 Å². The molecule has 1 aromatic rings. The molecule has 0 aliphatic heterocycles. The van der Waals surface area contributed by atoms with Crippen molar-refractivity contribution in [2.24, 2.45) is 5.92 Å². The van der Waals surface area contributed by atoms with E-state index in [1.807, 2.05) is 13.8 Å². The van der Waals surface area contributed by atoms with E-state index in [0.29, 0.717) is 30.6 Å². The molecule has 2 rings (SSSR count). The summed E-state index contributed by atoms with van der Waals surface area (Å²) in [5, 5.41) is 6.45. The van der Waals surface area contributed by atoms with Gasteiger partial charge in [-0.1, -0.05) is 6.42 Å². The molecule has 1 aromatic heterocycles. The average molecular weight is 265 g/mol. The Bertz CT molecular complexity index is 384. The van der Waals surface area contributed by atoms with E-state index >= 15 is 0 Å². The Kier molecular flexibility index (Phi) is 4.76. The molecule has 0 aromatic carbocycles. The number of hydrogen-bond acceptors (Lipinski definition) is 6. The van der Waals surface area contributed by atoms with E-state index in [9.17, 15) is 0 Å². The predicted octanol–water partition coefficient (Wildman–Crippen LogP) is 2.30. The summed E-state index contributed by atoms with van der Waals surface area (Å²) in [7, 11) is 0. The minimum atomic E-state index is 0.372. The van der Waals surface area contributed by atoms with Gasteiger partial charge < -0.3 is 15.4 Å². The monoisotopic (exact) mass is 265 g/mol. The number of hydrogen-bond donors (Lipinski definition) is 2. The minimum Gasteiger partial charge on any atom is -0.464 e. The molecular formula is C13H23N5O. The van der Waals surface area contributed by atoms with Crippen LogP contribution in [0.25, 0.3) is 0 Å². The van der Waals surface area contributed by atoms with Crippen LogP contribution in [0.4, 0.5) is 11.9 Å². The number of rotatable bonds is 7. The van der Waals surface area contributed by atoms with E-state index in [1.54, 1.807) is 0 Å². The van der Waals surface area contributed by atoms with Gasteiger partial charge in [0.2, 0.25) is 11.9 Å². The van der Waals surface area contributed by atoms with Crippen molar-refractivity contribution in [1.29, 1.82) is 0 Å². The van der Waals surface area contributed by atoms with Crippen molar-refractivity contribution in [3.8, 4) is 6.01 Å². The van der Waals surface area contributed by atoms with Crippen molar-refractivity contribution >= 4 is 11.9 Å². The Morgan fingerprint density at radius 1 is 1.21 bits per heavy atom. The maximum Gasteiger partial charge on any atom is 0.323 e. The molecule has 106 valence electrons. The molecule has 0 bridgehead atoms. The number of nitrogens with zero attached hydrogens (tertiary/aromatic N) is 3. The van der Waals surface area contributed by atoms with E-state index in [1.165, 1.54) is 19.3 Å². The fourth-order valence-electron chi connectivity index (χ4n) is 2.11. The lowest BCUT2D eigenvalue weighted by Gasteiger charge is -2.31. The molecule has 1 fully saturated rings. The first-order chi connectivity index (χ1) is 9.22. The third-order valence-electron chi connectivity index (χ3n) is 3.44. The van der Waals surface area contributed by atoms with Gasteiger partial charge in [0, 0.05) is 12.6 Å². The summed E-state index contributed by atoms with van der Waals surface area (Å²) < 4.78 is 5.37. The van der Waals surface area contributed by atoms with Gasteiger partial charge in [0.1, 0.15) is 0 Å². The second-order valence-corrected chi connectivity index (χ2v) is 4.85. The number of aromatic nitrogens is 3. The summed E-state index contributed by atoms with van der Waals surface area (Å²) in [5.41, 5.74) is 0. The van der Waals surface area contributed by atoms with Gasteiger partial charge in [0.15, 0.2) is 0 Å². The molecule has 1 unspecified atom stereocenters. The third kappa shape index (κ3) is 3.68. The lowest BCUT2D eigenvalue weighted by molar-refractivity contribution is 0.283. The second kappa shape index (κ2) is 6.54.